The van der Waals surface area contributed by atoms with Crippen molar-refractivity contribution in [2.45, 2.75) is 0 Å². The van der Waals surface area contributed by atoms with Crippen molar-refractivity contribution in [3.8, 4) is 5.75 Å². The molecule has 62 valence electrons. The van der Waals surface area contributed by atoms with Gasteiger partial charge in [-0.15, -0.1) is 0 Å². The van der Waals surface area contributed by atoms with Gasteiger partial charge in [0, 0.05) is 10.6 Å². The minimum absolute atomic E-state index is 0.461. The molecular formula is C7H8N4O. The molecule has 1 aromatic carbocycles. The van der Waals surface area contributed by atoms with Crippen molar-refractivity contribution in [3.63, 3.8) is 0 Å². The van der Waals surface area contributed by atoms with E-state index in [1.807, 2.05) is 0 Å². The molecule has 5 heteroatoms. The number of hydrogen-bond acceptors (Lipinski definition) is 3. The number of ether oxygens (including phenoxy) is 1. The van der Waals surface area contributed by atoms with Gasteiger partial charge in [-0.25, -0.2) is 0 Å². The first-order valence-corrected chi connectivity index (χ1v) is 3.26. The highest BCUT2D eigenvalue weighted by atomic mass is 16.5. The summed E-state index contributed by atoms with van der Waals surface area (Å²) in [6.45, 7) is 0. The second-order valence-corrected chi connectivity index (χ2v) is 2.12. The van der Waals surface area contributed by atoms with Crippen LogP contribution in [0.5, 0.6) is 5.75 Å². The van der Waals surface area contributed by atoms with Crippen LogP contribution in [0.3, 0.4) is 0 Å². The van der Waals surface area contributed by atoms with Gasteiger partial charge in [0.25, 0.3) is 0 Å². The van der Waals surface area contributed by atoms with Gasteiger partial charge in [0.1, 0.15) is 5.75 Å². The predicted octanol–water partition coefficient (Wildman–Crippen LogP) is 2.22. The van der Waals surface area contributed by atoms with Gasteiger partial charge in [-0.3, -0.25) is 0 Å². The lowest BCUT2D eigenvalue weighted by atomic mass is 10.2. The summed E-state index contributed by atoms with van der Waals surface area (Å²) < 4.78 is 4.92. The maximum absolute atomic E-state index is 8.12. The third-order valence-electron chi connectivity index (χ3n) is 1.37. The Morgan fingerprint density at radius 3 is 2.83 bits per heavy atom. The van der Waals surface area contributed by atoms with Gasteiger partial charge in [-0.1, -0.05) is 5.11 Å². The van der Waals surface area contributed by atoms with E-state index in [4.69, 9.17) is 16.0 Å². The highest BCUT2D eigenvalue weighted by Crippen LogP contribution is 2.25. The topological polar surface area (TPSA) is 84.0 Å². The van der Waals surface area contributed by atoms with Crippen LogP contribution < -0.4 is 10.5 Å². The fourth-order valence-electron chi connectivity index (χ4n) is 0.836. The summed E-state index contributed by atoms with van der Waals surface area (Å²) in [5, 5.41) is 3.39. The molecular weight excluding hydrogens is 156 g/mol. The van der Waals surface area contributed by atoms with Crippen LogP contribution in [-0.4, -0.2) is 7.11 Å². The molecule has 0 aliphatic rings. The fraction of sp³-hybridized carbons (Fsp3) is 0.143. The van der Waals surface area contributed by atoms with Crippen molar-refractivity contribution in [1.29, 1.82) is 0 Å². The standard InChI is InChI=1S/C7H8N4O/c1-12-7-3-2-5(10-11-9)4-6(7)8/h2-4H,8H2,1H3. The van der Waals surface area contributed by atoms with Gasteiger partial charge in [-0.05, 0) is 23.7 Å². The minimum Gasteiger partial charge on any atom is -0.495 e. The Hall–Kier alpha value is -1.87. The molecule has 0 spiro atoms. The summed E-state index contributed by atoms with van der Waals surface area (Å²) >= 11 is 0. The number of rotatable bonds is 2. The molecule has 0 radical (unpaired) electrons. The summed E-state index contributed by atoms with van der Waals surface area (Å²) in [7, 11) is 1.53. The summed E-state index contributed by atoms with van der Waals surface area (Å²) in [4.78, 5) is 2.63. The largest absolute Gasteiger partial charge is 0.495 e. The van der Waals surface area contributed by atoms with Crippen molar-refractivity contribution >= 4 is 11.4 Å². The zero-order valence-corrected chi connectivity index (χ0v) is 6.56. The average molecular weight is 164 g/mol. The first-order valence-electron chi connectivity index (χ1n) is 3.26. The van der Waals surface area contributed by atoms with Gasteiger partial charge in [0.2, 0.25) is 0 Å². The molecule has 0 aliphatic heterocycles. The molecule has 0 amide bonds. The molecule has 0 unspecified atom stereocenters. The molecule has 0 aliphatic carbocycles. The molecule has 0 aromatic heterocycles. The lowest BCUT2D eigenvalue weighted by Crippen LogP contribution is -1.90. The van der Waals surface area contributed by atoms with Gasteiger partial charge in [0.15, 0.2) is 0 Å². The number of nitrogens with zero attached hydrogens (tertiary/aromatic N) is 3. The van der Waals surface area contributed by atoms with E-state index in [9.17, 15) is 0 Å². The van der Waals surface area contributed by atoms with E-state index in [1.54, 1.807) is 18.2 Å². The Bertz CT molecular complexity index is 330. The maximum Gasteiger partial charge on any atom is 0.141 e. The molecule has 0 fully saturated rings. The number of benzene rings is 1. The predicted molar refractivity (Wildman–Crippen MR) is 46.2 cm³/mol. The zero-order chi connectivity index (χ0) is 8.97. The number of azide groups is 1. The van der Waals surface area contributed by atoms with Crippen molar-refractivity contribution in [2.75, 3.05) is 12.8 Å². The summed E-state index contributed by atoms with van der Waals surface area (Å²) in [6, 6.07) is 4.84. The van der Waals surface area contributed by atoms with Crippen LogP contribution in [0.2, 0.25) is 0 Å². The van der Waals surface area contributed by atoms with E-state index < -0.39 is 0 Å². The normalized spacial score (nSPS) is 8.75. The van der Waals surface area contributed by atoms with Crippen LogP contribution in [0.4, 0.5) is 11.4 Å². The molecule has 0 heterocycles. The van der Waals surface area contributed by atoms with E-state index in [0.717, 1.165) is 0 Å². The number of hydrogen-bond donors (Lipinski definition) is 1. The molecule has 0 saturated carbocycles. The van der Waals surface area contributed by atoms with Crippen LogP contribution in [0.1, 0.15) is 0 Å². The maximum atomic E-state index is 8.12. The summed E-state index contributed by atoms with van der Waals surface area (Å²) in [5.41, 5.74) is 14.6. The molecule has 0 saturated heterocycles. The van der Waals surface area contributed by atoms with Crippen LogP contribution in [0, 0.1) is 0 Å². The van der Waals surface area contributed by atoms with Gasteiger partial charge in [-0.2, -0.15) is 0 Å². The molecule has 0 atom stereocenters. The lowest BCUT2D eigenvalue weighted by molar-refractivity contribution is 0.417. The first kappa shape index (κ1) is 8.23. The monoisotopic (exact) mass is 164 g/mol. The van der Waals surface area contributed by atoms with E-state index >= 15 is 0 Å². The molecule has 1 aromatic rings. The molecule has 1 rings (SSSR count). The molecule has 12 heavy (non-hydrogen) atoms. The Labute approximate surface area is 69.4 Å². The third-order valence-corrected chi connectivity index (χ3v) is 1.37. The number of methoxy groups -OCH3 is 1. The van der Waals surface area contributed by atoms with E-state index in [1.165, 1.54) is 7.11 Å². The quantitative estimate of drug-likeness (QED) is 0.314. The van der Waals surface area contributed by atoms with Crippen LogP contribution in [0.25, 0.3) is 10.4 Å². The van der Waals surface area contributed by atoms with Crippen molar-refractivity contribution < 1.29 is 4.74 Å². The molecule has 2 N–H and O–H groups in total. The zero-order valence-electron chi connectivity index (χ0n) is 6.56. The Morgan fingerprint density at radius 2 is 2.33 bits per heavy atom. The van der Waals surface area contributed by atoms with Crippen LogP contribution in [0.15, 0.2) is 23.3 Å². The molecule has 0 bridgehead atoms. The average Bonchev–Trinajstić information content (AvgIpc) is 2.05. The van der Waals surface area contributed by atoms with Crippen molar-refractivity contribution in [3.05, 3.63) is 28.6 Å². The van der Waals surface area contributed by atoms with Crippen LogP contribution in [-0.2, 0) is 0 Å². The number of nitrogen functional groups attached to an aromatic ring is 1. The Kier molecular flexibility index (Phi) is 2.40. The summed E-state index contributed by atoms with van der Waals surface area (Å²) in [5.74, 6) is 0.576. The molecule has 5 nitrogen and oxygen atoms in total. The third kappa shape index (κ3) is 1.59. The van der Waals surface area contributed by atoms with E-state index in [0.29, 0.717) is 17.1 Å². The van der Waals surface area contributed by atoms with Crippen LogP contribution >= 0.6 is 0 Å². The Balaban J connectivity index is 3.09. The minimum atomic E-state index is 0.461. The lowest BCUT2D eigenvalue weighted by Gasteiger charge is -2.03. The number of anilines is 1. The highest BCUT2D eigenvalue weighted by Gasteiger charge is 1.97. The van der Waals surface area contributed by atoms with Gasteiger partial charge >= 0.3 is 0 Å². The van der Waals surface area contributed by atoms with Gasteiger partial charge in [0.05, 0.1) is 12.8 Å². The first-order chi connectivity index (χ1) is 5.77. The van der Waals surface area contributed by atoms with Gasteiger partial charge < -0.3 is 10.5 Å². The van der Waals surface area contributed by atoms with E-state index in [-0.39, 0.29) is 0 Å². The number of nitrogens with two attached hydrogens (primary N) is 1. The summed E-state index contributed by atoms with van der Waals surface area (Å²) in [6.07, 6.45) is 0. The van der Waals surface area contributed by atoms with Crippen molar-refractivity contribution in [1.82, 2.24) is 0 Å². The fourth-order valence-corrected chi connectivity index (χ4v) is 0.836. The van der Waals surface area contributed by atoms with E-state index in [2.05, 4.69) is 10.0 Å². The van der Waals surface area contributed by atoms with Crippen molar-refractivity contribution in [2.24, 2.45) is 5.11 Å². The second-order valence-electron chi connectivity index (χ2n) is 2.12. The second kappa shape index (κ2) is 3.50. The smallest absolute Gasteiger partial charge is 0.141 e. The highest BCUT2D eigenvalue weighted by molar-refractivity contribution is 5.60. The SMILES string of the molecule is COc1ccc(N=[N+]=[N-])cc1N. The Morgan fingerprint density at radius 1 is 1.58 bits per heavy atom.